The number of ether oxygens (including phenoxy) is 1. The Labute approximate surface area is 165 Å². The second-order valence-electron chi connectivity index (χ2n) is 6.84. The molecular weight excluding hydrogens is 355 g/mol. The first-order chi connectivity index (χ1) is 13.6. The minimum absolute atomic E-state index is 0.209. The van der Waals surface area contributed by atoms with Gasteiger partial charge in [0, 0.05) is 37.7 Å². The smallest absolute Gasteiger partial charge is 0.254 e. The van der Waals surface area contributed by atoms with Crippen molar-refractivity contribution in [3.8, 4) is 0 Å². The summed E-state index contributed by atoms with van der Waals surface area (Å²) in [5, 5.41) is 0. The van der Waals surface area contributed by atoms with Crippen molar-refractivity contribution in [2.45, 2.75) is 20.0 Å². The Hall–Kier alpha value is -2.92. The van der Waals surface area contributed by atoms with Gasteiger partial charge < -0.3 is 14.2 Å². The summed E-state index contributed by atoms with van der Waals surface area (Å²) in [6.45, 7) is 4.07. The molecule has 3 aromatic rings. The summed E-state index contributed by atoms with van der Waals surface area (Å²) in [5.74, 6) is -0.625. The summed E-state index contributed by atoms with van der Waals surface area (Å²) in [5.41, 5.74) is 3.78. The number of amides is 1. The van der Waals surface area contributed by atoms with Gasteiger partial charge in [0.05, 0.1) is 13.2 Å². The van der Waals surface area contributed by atoms with E-state index >= 15 is 0 Å². The number of benzene rings is 2. The molecule has 1 heterocycles. The predicted molar refractivity (Wildman–Crippen MR) is 108 cm³/mol. The van der Waals surface area contributed by atoms with E-state index in [9.17, 15) is 9.18 Å². The quantitative estimate of drug-likeness (QED) is 0.585. The van der Waals surface area contributed by atoms with Gasteiger partial charge in [0.1, 0.15) is 5.82 Å². The van der Waals surface area contributed by atoms with Crippen LogP contribution in [-0.2, 0) is 17.8 Å². The number of halogens is 1. The highest BCUT2D eigenvalue weighted by Crippen LogP contribution is 2.14. The van der Waals surface area contributed by atoms with E-state index in [0.717, 1.165) is 12.2 Å². The van der Waals surface area contributed by atoms with Crippen molar-refractivity contribution in [3.63, 3.8) is 0 Å². The highest BCUT2D eigenvalue weighted by molar-refractivity contribution is 5.94. The van der Waals surface area contributed by atoms with Crippen LogP contribution in [0.5, 0.6) is 0 Å². The Morgan fingerprint density at radius 2 is 1.89 bits per heavy atom. The number of hydrogen-bond donors (Lipinski definition) is 0. The third-order valence-corrected chi connectivity index (χ3v) is 4.67. The largest absolute Gasteiger partial charge is 0.383 e. The third-order valence-electron chi connectivity index (χ3n) is 4.67. The zero-order chi connectivity index (χ0) is 19.9. The van der Waals surface area contributed by atoms with Crippen LogP contribution in [-0.4, -0.2) is 35.6 Å². The molecule has 0 aliphatic rings. The first-order valence-corrected chi connectivity index (χ1v) is 9.30. The molecule has 0 saturated heterocycles. The molecule has 0 atom stereocenters. The number of methoxy groups -OCH3 is 1. The molecule has 1 amide bonds. The lowest BCUT2D eigenvalue weighted by Crippen LogP contribution is -2.34. The summed E-state index contributed by atoms with van der Waals surface area (Å²) in [6, 6.07) is 18.2. The Morgan fingerprint density at radius 1 is 1.11 bits per heavy atom. The molecule has 2 aromatic carbocycles. The van der Waals surface area contributed by atoms with E-state index in [4.69, 9.17) is 4.74 Å². The van der Waals surface area contributed by atoms with Crippen molar-refractivity contribution in [1.82, 2.24) is 9.47 Å². The molecule has 146 valence electrons. The topological polar surface area (TPSA) is 34.5 Å². The lowest BCUT2D eigenvalue weighted by atomic mass is 10.1. The third kappa shape index (κ3) is 5.08. The van der Waals surface area contributed by atoms with Crippen LogP contribution in [0.3, 0.4) is 0 Å². The second-order valence-corrected chi connectivity index (χ2v) is 6.84. The van der Waals surface area contributed by atoms with Crippen LogP contribution in [0.4, 0.5) is 4.39 Å². The number of hydrogen-bond acceptors (Lipinski definition) is 2. The summed E-state index contributed by atoms with van der Waals surface area (Å²) in [4.78, 5) is 14.6. The number of nitrogens with zero attached hydrogens (tertiary/aromatic N) is 2. The molecular formula is C23H25FN2O2. The van der Waals surface area contributed by atoms with Crippen LogP contribution in [0.2, 0.25) is 0 Å². The highest BCUT2D eigenvalue weighted by Gasteiger charge is 2.18. The van der Waals surface area contributed by atoms with Gasteiger partial charge in [0.2, 0.25) is 0 Å². The van der Waals surface area contributed by atoms with E-state index in [1.165, 1.54) is 23.3 Å². The molecule has 28 heavy (non-hydrogen) atoms. The molecule has 4 nitrogen and oxygen atoms in total. The van der Waals surface area contributed by atoms with E-state index in [1.54, 1.807) is 24.1 Å². The van der Waals surface area contributed by atoms with Crippen LogP contribution >= 0.6 is 0 Å². The molecule has 0 aliphatic carbocycles. The van der Waals surface area contributed by atoms with Gasteiger partial charge in [-0.25, -0.2) is 4.39 Å². The van der Waals surface area contributed by atoms with E-state index in [0.29, 0.717) is 25.3 Å². The maximum Gasteiger partial charge on any atom is 0.254 e. The van der Waals surface area contributed by atoms with Gasteiger partial charge in [0.25, 0.3) is 5.91 Å². The van der Waals surface area contributed by atoms with Gasteiger partial charge in [-0.2, -0.15) is 0 Å². The Morgan fingerprint density at radius 3 is 2.61 bits per heavy atom. The molecule has 0 unspecified atom stereocenters. The van der Waals surface area contributed by atoms with E-state index in [2.05, 4.69) is 35.8 Å². The summed E-state index contributed by atoms with van der Waals surface area (Å²) in [6.07, 6.45) is 2.01. The number of rotatable bonds is 8. The fourth-order valence-electron chi connectivity index (χ4n) is 3.09. The molecule has 0 radical (unpaired) electrons. The molecule has 0 fully saturated rings. The minimum Gasteiger partial charge on any atom is -0.383 e. The van der Waals surface area contributed by atoms with Gasteiger partial charge >= 0.3 is 0 Å². The van der Waals surface area contributed by atoms with Gasteiger partial charge in [-0.3, -0.25) is 4.79 Å². The van der Waals surface area contributed by atoms with Crippen LogP contribution in [0.25, 0.3) is 0 Å². The first kappa shape index (κ1) is 19.8. The average Bonchev–Trinajstić information content (AvgIpc) is 3.13. The molecule has 0 aliphatic heterocycles. The number of carbonyl (C=O) groups excluding carboxylic acids is 1. The van der Waals surface area contributed by atoms with Crippen LogP contribution < -0.4 is 0 Å². The summed E-state index contributed by atoms with van der Waals surface area (Å²) >= 11 is 0. The van der Waals surface area contributed by atoms with Crippen LogP contribution in [0, 0.1) is 12.7 Å². The van der Waals surface area contributed by atoms with E-state index < -0.39 is 5.82 Å². The second kappa shape index (κ2) is 9.33. The fourth-order valence-corrected chi connectivity index (χ4v) is 3.09. The zero-order valence-corrected chi connectivity index (χ0v) is 16.3. The Balaban J connectivity index is 1.78. The summed E-state index contributed by atoms with van der Waals surface area (Å²) < 4.78 is 20.8. The van der Waals surface area contributed by atoms with Crippen molar-refractivity contribution < 1.29 is 13.9 Å². The molecule has 1 aromatic heterocycles. The maximum atomic E-state index is 13.6. The van der Waals surface area contributed by atoms with E-state index in [1.807, 2.05) is 18.3 Å². The molecule has 0 N–H and O–H groups in total. The average molecular weight is 380 g/mol. The van der Waals surface area contributed by atoms with Crippen molar-refractivity contribution in [2.75, 3.05) is 20.3 Å². The van der Waals surface area contributed by atoms with Gasteiger partial charge in [-0.1, -0.05) is 35.9 Å². The highest BCUT2D eigenvalue weighted by atomic mass is 19.1. The SMILES string of the molecule is COCCN(Cc1cccn1Cc1ccc(C)cc1)C(=O)c1cccc(F)c1. The minimum atomic E-state index is -0.416. The lowest BCUT2D eigenvalue weighted by molar-refractivity contribution is 0.0675. The monoisotopic (exact) mass is 380 g/mol. The first-order valence-electron chi connectivity index (χ1n) is 9.30. The summed E-state index contributed by atoms with van der Waals surface area (Å²) in [7, 11) is 1.60. The molecule has 3 rings (SSSR count). The lowest BCUT2D eigenvalue weighted by Gasteiger charge is -2.23. The van der Waals surface area contributed by atoms with Crippen LogP contribution in [0.1, 0.15) is 27.2 Å². The van der Waals surface area contributed by atoms with Crippen LogP contribution in [0.15, 0.2) is 66.9 Å². The fraction of sp³-hybridized carbons (Fsp3) is 0.261. The van der Waals surface area contributed by atoms with Gasteiger partial charge in [-0.15, -0.1) is 0 Å². The Bertz CT molecular complexity index is 918. The number of carbonyl (C=O) groups is 1. The zero-order valence-electron chi connectivity index (χ0n) is 16.3. The van der Waals surface area contributed by atoms with Crippen molar-refractivity contribution in [1.29, 1.82) is 0 Å². The molecule has 0 spiro atoms. The number of aryl methyl sites for hydroxylation is 1. The van der Waals surface area contributed by atoms with Crippen molar-refractivity contribution >= 4 is 5.91 Å². The standard InChI is InChI=1S/C23H25FN2O2/c1-18-8-10-19(11-9-18)16-25-12-4-7-22(25)17-26(13-14-28-2)23(27)20-5-3-6-21(24)15-20/h3-12,15H,13-14,16-17H2,1-2H3. The van der Waals surface area contributed by atoms with Gasteiger partial charge in [-0.05, 0) is 42.8 Å². The molecule has 0 saturated carbocycles. The normalized spacial score (nSPS) is 10.8. The maximum absolute atomic E-state index is 13.6. The number of aromatic nitrogens is 1. The Kier molecular flexibility index (Phi) is 6.61. The van der Waals surface area contributed by atoms with E-state index in [-0.39, 0.29) is 5.91 Å². The van der Waals surface area contributed by atoms with Gasteiger partial charge in [0.15, 0.2) is 0 Å². The van der Waals surface area contributed by atoms with Crippen molar-refractivity contribution in [2.24, 2.45) is 0 Å². The predicted octanol–water partition coefficient (Wildman–Crippen LogP) is 4.27. The van der Waals surface area contributed by atoms with Crippen molar-refractivity contribution in [3.05, 3.63) is 95.1 Å². The molecule has 0 bridgehead atoms. The molecule has 5 heteroatoms.